The number of halogens is 1. The molecule has 5 aromatic rings. The number of carbonyl (C=O) groups is 2. The van der Waals surface area contributed by atoms with Gasteiger partial charge in [-0.2, -0.15) is 0 Å². The van der Waals surface area contributed by atoms with Gasteiger partial charge in [0.05, 0.1) is 0 Å². The second kappa shape index (κ2) is 12.1. The van der Waals surface area contributed by atoms with E-state index in [4.69, 9.17) is 21.1 Å². The number of carbonyl (C=O) groups excluding carboxylic acids is 2. The molecule has 0 fully saturated rings. The normalized spacial score (nSPS) is 11.6. The number of amides is 1. The Morgan fingerprint density at radius 1 is 0.829 bits per heavy atom. The molecular weight excluding hydrogens is 540 g/mol. The monoisotopic (exact) mass is 566 g/mol. The lowest BCUT2D eigenvalue weighted by Crippen LogP contribution is -2.34. The van der Waals surface area contributed by atoms with E-state index in [1.54, 1.807) is 79.7 Å². The summed E-state index contributed by atoms with van der Waals surface area (Å²) in [4.78, 5) is 40.0. The van der Waals surface area contributed by atoms with Gasteiger partial charge in [-0.1, -0.05) is 67.1 Å². The standard InChI is InChI=1S/C33H27ClN2O5/c1-3-28(31(37)35-23-17-19-25(20-18-23)40-24-9-5-4-6-10-24)41-33(39)30-29(21-13-15-22(34)16-14-21)26-11-7-8-12-27(26)32(38)36(30)2/h4-20,28H,3H2,1-2H3,(H,35,37). The number of hydrogen-bond donors (Lipinski definition) is 1. The second-order valence-corrected chi connectivity index (χ2v) is 9.81. The van der Waals surface area contributed by atoms with E-state index < -0.39 is 18.0 Å². The highest BCUT2D eigenvalue weighted by Gasteiger charge is 2.28. The molecule has 206 valence electrons. The maximum absolute atomic E-state index is 13.7. The molecule has 0 saturated carbocycles. The maximum atomic E-state index is 13.7. The van der Waals surface area contributed by atoms with E-state index in [0.717, 1.165) is 0 Å². The third kappa shape index (κ3) is 6.00. The highest BCUT2D eigenvalue weighted by atomic mass is 35.5. The zero-order valence-corrected chi connectivity index (χ0v) is 23.2. The fourth-order valence-electron chi connectivity index (χ4n) is 4.57. The Labute approximate surface area is 241 Å². The van der Waals surface area contributed by atoms with Gasteiger partial charge in [0.2, 0.25) is 0 Å². The molecule has 1 unspecified atom stereocenters. The van der Waals surface area contributed by atoms with Gasteiger partial charge in [0.1, 0.15) is 17.2 Å². The van der Waals surface area contributed by atoms with E-state index in [1.165, 1.54) is 11.6 Å². The highest BCUT2D eigenvalue weighted by molar-refractivity contribution is 6.30. The molecule has 1 atom stereocenters. The number of rotatable bonds is 8. The second-order valence-electron chi connectivity index (χ2n) is 9.37. The van der Waals surface area contributed by atoms with E-state index in [2.05, 4.69) is 5.32 Å². The number of benzene rings is 4. The molecule has 1 amide bonds. The van der Waals surface area contributed by atoms with Gasteiger partial charge in [-0.25, -0.2) is 4.79 Å². The van der Waals surface area contributed by atoms with Crippen LogP contribution in [0.1, 0.15) is 23.8 Å². The summed E-state index contributed by atoms with van der Waals surface area (Å²) in [5.74, 6) is 0.0354. The maximum Gasteiger partial charge on any atom is 0.356 e. The number of esters is 1. The molecule has 5 rings (SSSR count). The quantitative estimate of drug-likeness (QED) is 0.200. The van der Waals surface area contributed by atoms with Crippen molar-refractivity contribution in [3.05, 3.63) is 124 Å². The molecule has 0 aliphatic rings. The Bertz CT molecular complexity index is 1770. The molecule has 0 aliphatic carbocycles. The number of aromatic nitrogens is 1. The summed E-state index contributed by atoms with van der Waals surface area (Å²) in [7, 11) is 1.52. The molecule has 7 nitrogen and oxygen atoms in total. The van der Waals surface area contributed by atoms with Crippen molar-refractivity contribution >= 4 is 39.9 Å². The van der Waals surface area contributed by atoms with Crippen LogP contribution in [0.2, 0.25) is 5.02 Å². The Morgan fingerprint density at radius 2 is 1.44 bits per heavy atom. The summed E-state index contributed by atoms with van der Waals surface area (Å²) in [6, 6.07) is 30.3. The number of hydrogen-bond acceptors (Lipinski definition) is 5. The lowest BCUT2D eigenvalue weighted by atomic mass is 9.96. The number of fused-ring (bicyclic) bond motifs is 1. The largest absolute Gasteiger partial charge is 0.457 e. The molecule has 0 bridgehead atoms. The number of para-hydroxylation sites is 1. The minimum absolute atomic E-state index is 0.0460. The highest BCUT2D eigenvalue weighted by Crippen LogP contribution is 2.32. The van der Waals surface area contributed by atoms with Crippen molar-refractivity contribution in [3.63, 3.8) is 0 Å². The van der Waals surface area contributed by atoms with Crippen LogP contribution in [0.5, 0.6) is 11.5 Å². The average molecular weight is 567 g/mol. The van der Waals surface area contributed by atoms with Crippen molar-refractivity contribution in [2.24, 2.45) is 7.05 Å². The summed E-state index contributed by atoms with van der Waals surface area (Å²) in [6.45, 7) is 1.74. The van der Waals surface area contributed by atoms with Crippen LogP contribution in [0.25, 0.3) is 21.9 Å². The van der Waals surface area contributed by atoms with Crippen LogP contribution in [-0.4, -0.2) is 22.5 Å². The number of nitrogens with zero attached hydrogens (tertiary/aromatic N) is 1. The van der Waals surface area contributed by atoms with Crippen LogP contribution < -0.4 is 15.6 Å². The first-order valence-corrected chi connectivity index (χ1v) is 13.5. The van der Waals surface area contributed by atoms with Crippen LogP contribution in [0.4, 0.5) is 5.69 Å². The molecule has 1 N–H and O–H groups in total. The number of ether oxygens (including phenoxy) is 2. The Kier molecular flexibility index (Phi) is 8.17. The summed E-state index contributed by atoms with van der Waals surface area (Å²) in [6.07, 6.45) is -0.868. The first-order valence-electron chi connectivity index (χ1n) is 13.1. The number of nitrogens with one attached hydrogen (secondary N) is 1. The fourth-order valence-corrected chi connectivity index (χ4v) is 4.70. The SMILES string of the molecule is CCC(OC(=O)c1c(-c2ccc(Cl)cc2)c2ccccc2c(=O)n1C)C(=O)Nc1ccc(Oc2ccccc2)cc1. The molecule has 1 heterocycles. The third-order valence-corrected chi connectivity index (χ3v) is 6.90. The van der Waals surface area contributed by atoms with Crippen molar-refractivity contribution in [2.45, 2.75) is 19.4 Å². The topological polar surface area (TPSA) is 86.6 Å². The van der Waals surface area contributed by atoms with Crippen LogP contribution in [0, 0.1) is 0 Å². The minimum atomic E-state index is -1.10. The third-order valence-electron chi connectivity index (χ3n) is 6.64. The Morgan fingerprint density at radius 3 is 2.10 bits per heavy atom. The van der Waals surface area contributed by atoms with E-state index in [-0.39, 0.29) is 17.7 Å². The zero-order chi connectivity index (χ0) is 28.9. The van der Waals surface area contributed by atoms with Crippen molar-refractivity contribution in [3.8, 4) is 22.6 Å². The predicted octanol–water partition coefficient (Wildman–Crippen LogP) is 7.23. The summed E-state index contributed by atoms with van der Waals surface area (Å²) in [5.41, 5.74) is 1.42. The van der Waals surface area contributed by atoms with Crippen LogP contribution in [-0.2, 0) is 16.6 Å². The molecule has 8 heteroatoms. The van der Waals surface area contributed by atoms with Gasteiger partial charge in [-0.3, -0.25) is 9.59 Å². The molecule has 0 aliphatic heterocycles. The molecule has 4 aromatic carbocycles. The lowest BCUT2D eigenvalue weighted by molar-refractivity contribution is -0.124. The molecule has 0 saturated heterocycles. The van der Waals surface area contributed by atoms with Gasteiger partial charge in [-0.05, 0) is 72.0 Å². The zero-order valence-electron chi connectivity index (χ0n) is 22.5. The van der Waals surface area contributed by atoms with Gasteiger partial charge in [-0.15, -0.1) is 0 Å². The lowest BCUT2D eigenvalue weighted by Gasteiger charge is -2.20. The molecule has 0 spiro atoms. The van der Waals surface area contributed by atoms with Gasteiger partial charge in [0.25, 0.3) is 11.5 Å². The molecule has 0 radical (unpaired) electrons. The first-order chi connectivity index (χ1) is 19.9. The molecule has 1 aromatic heterocycles. The van der Waals surface area contributed by atoms with Gasteiger partial charge >= 0.3 is 5.97 Å². The van der Waals surface area contributed by atoms with E-state index >= 15 is 0 Å². The van der Waals surface area contributed by atoms with Crippen molar-refractivity contribution in [2.75, 3.05) is 5.32 Å². The molecule has 41 heavy (non-hydrogen) atoms. The van der Waals surface area contributed by atoms with Crippen molar-refractivity contribution < 1.29 is 19.1 Å². The summed E-state index contributed by atoms with van der Waals surface area (Å²) in [5, 5.41) is 4.39. The average Bonchev–Trinajstić information content (AvgIpc) is 2.99. The van der Waals surface area contributed by atoms with Crippen LogP contribution >= 0.6 is 11.6 Å². The van der Waals surface area contributed by atoms with Crippen LogP contribution in [0.15, 0.2) is 108 Å². The van der Waals surface area contributed by atoms with Gasteiger partial charge in [0.15, 0.2) is 6.10 Å². The van der Waals surface area contributed by atoms with Crippen molar-refractivity contribution in [1.29, 1.82) is 0 Å². The minimum Gasteiger partial charge on any atom is -0.457 e. The first kappa shape index (κ1) is 27.7. The molecular formula is C33H27ClN2O5. The van der Waals surface area contributed by atoms with E-state index in [9.17, 15) is 14.4 Å². The van der Waals surface area contributed by atoms with Crippen molar-refractivity contribution in [1.82, 2.24) is 4.57 Å². The summed E-state index contributed by atoms with van der Waals surface area (Å²) < 4.78 is 12.8. The Balaban J connectivity index is 1.40. The summed E-state index contributed by atoms with van der Waals surface area (Å²) >= 11 is 6.11. The fraction of sp³-hybridized carbons (Fsp3) is 0.121. The van der Waals surface area contributed by atoms with E-state index in [0.29, 0.717) is 44.1 Å². The number of anilines is 1. The predicted molar refractivity (Wildman–Crippen MR) is 161 cm³/mol. The van der Waals surface area contributed by atoms with Crippen LogP contribution in [0.3, 0.4) is 0 Å². The smallest absolute Gasteiger partial charge is 0.356 e. The number of pyridine rings is 1. The van der Waals surface area contributed by atoms with Gasteiger partial charge < -0.3 is 19.4 Å². The van der Waals surface area contributed by atoms with E-state index in [1.807, 2.05) is 30.3 Å². The van der Waals surface area contributed by atoms with Gasteiger partial charge in [0, 0.05) is 28.7 Å². The Hall–Kier alpha value is -4.88.